The quantitative estimate of drug-likeness (QED) is 0.528. The summed E-state index contributed by atoms with van der Waals surface area (Å²) < 4.78 is 2.16. The van der Waals surface area contributed by atoms with Gasteiger partial charge >= 0.3 is 0 Å². The average molecular weight is 400 g/mol. The number of H-pyrrole nitrogens is 1. The lowest BCUT2D eigenvalue weighted by Crippen LogP contribution is -2.32. The third-order valence-electron chi connectivity index (χ3n) is 6.00. The van der Waals surface area contributed by atoms with Gasteiger partial charge in [0.05, 0.1) is 11.7 Å². The van der Waals surface area contributed by atoms with Crippen LogP contribution < -0.4 is 5.32 Å². The molecule has 7 nitrogen and oxygen atoms in total. The standard InChI is InChI=1S/C23H24N6O/c1-2-22(30)26-17-10-11-18(12-17)29-14-25-28-23(29)16-8-6-15(7-9-16)19-4-3-5-21-20(19)13-24-27-21/h3-9,13-14,17-18H,2,10-12H2,1H3,(H,24,27)(H,26,30). The van der Waals surface area contributed by atoms with Crippen LogP contribution in [0.3, 0.4) is 0 Å². The second-order valence-electron chi connectivity index (χ2n) is 7.86. The maximum absolute atomic E-state index is 11.7. The summed E-state index contributed by atoms with van der Waals surface area (Å²) in [5.41, 5.74) is 4.36. The maximum atomic E-state index is 11.7. The second kappa shape index (κ2) is 7.74. The summed E-state index contributed by atoms with van der Waals surface area (Å²) >= 11 is 0. The molecule has 0 spiro atoms. The lowest BCUT2D eigenvalue weighted by molar-refractivity contribution is -0.121. The number of hydrogen-bond donors (Lipinski definition) is 2. The predicted molar refractivity (Wildman–Crippen MR) is 116 cm³/mol. The molecule has 0 radical (unpaired) electrons. The molecule has 2 aromatic carbocycles. The Morgan fingerprint density at radius 2 is 2.00 bits per heavy atom. The molecule has 1 aliphatic rings. The van der Waals surface area contributed by atoms with Crippen LogP contribution in [0.25, 0.3) is 33.4 Å². The third-order valence-corrected chi connectivity index (χ3v) is 6.00. The van der Waals surface area contributed by atoms with Crippen molar-refractivity contribution < 1.29 is 4.79 Å². The van der Waals surface area contributed by atoms with E-state index in [0.717, 1.165) is 52.7 Å². The summed E-state index contributed by atoms with van der Waals surface area (Å²) in [7, 11) is 0. The van der Waals surface area contributed by atoms with Crippen LogP contribution in [0.15, 0.2) is 55.0 Å². The van der Waals surface area contributed by atoms with E-state index in [1.54, 1.807) is 0 Å². The molecule has 152 valence electrons. The SMILES string of the molecule is CCC(=O)NC1CCC(n2cnnc2-c2ccc(-c3cccc4[nH]ncc34)cc2)C1. The number of aromatic amines is 1. The number of rotatable bonds is 5. The van der Waals surface area contributed by atoms with Gasteiger partial charge in [0.1, 0.15) is 6.33 Å². The first-order valence-electron chi connectivity index (χ1n) is 10.4. The number of carbonyl (C=O) groups is 1. The van der Waals surface area contributed by atoms with E-state index in [-0.39, 0.29) is 11.9 Å². The fraction of sp³-hybridized carbons (Fsp3) is 0.304. The smallest absolute Gasteiger partial charge is 0.219 e. The molecule has 4 aromatic rings. The molecule has 2 aromatic heterocycles. The maximum Gasteiger partial charge on any atom is 0.219 e. The molecular formula is C23H24N6O. The highest BCUT2D eigenvalue weighted by Crippen LogP contribution is 2.34. The van der Waals surface area contributed by atoms with Crippen LogP contribution >= 0.6 is 0 Å². The third kappa shape index (κ3) is 3.36. The average Bonchev–Trinajstić information content (AvgIpc) is 3.53. The summed E-state index contributed by atoms with van der Waals surface area (Å²) in [4.78, 5) is 11.7. The van der Waals surface area contributed by atoms with Crippen LogP contribution in [0, 0.1) is 0 Å². The van der Waals surface area contributed by atoms with Gasteiger partial charge in [-0.05, 0) is 36.5 Å². The lowest BCUT2D eigenvalue weighted by atomic mass is 10.0. The van der Waals surface area contributed by atoms with Crippen molar-refractivity contribution in [2.45, 2.75) is 44.7 Å². The fourth-order valence-corrected chi connectivity index (χ4v) is 4.41. The van der Waals surface area contributed by atoms with Crippen LogP contribution in [0.5, 0.6) is 0 Å². The van der Waals surface area contributed by atoms with Gasteiger partial charge in [-0.3, -0.25) is 9.89 Å². The van der Waals surface area contributed by atoms with E-state index in [1.165, 1.54) is 0 Å². The van der Waals surface area contributed by atoms with Crippen molar-refractivity contribution >= 4 is 16.8 Å². The number of carbonyl (C=O) groups excluding carboxylic acids is 1. The lowest BCUT2D eigenvalue weighted by Gasteiger charge is -2.16. The Morgan fingerprint density at radius 1 is 1.17 bits per heavy atom. The molecule has 2 unspecified atom stereocenters. The van der Waals surface area contributed by atoms with Crippen molar-refractivity contribution in [1.82, 2.24) is 30.3 Å². The van der Waals surface area contributed by atoms with Crippen molar-refractivity contribution in [2.75, 3.05) is 0 Å². The first-order chi connectivity index (χ1) is 14.7. The van der Waals surface area contributed by atoms with Gasteiger partial charge in [0, 0.05) is 29.5 Å². The highest BCUT2D eigenvalue weighted by atomic mass is 16.1. The first kappa shape index (κ1) is 18.5. The molecule has 0 aliphatic heterocycles. The van der Waals surface area contributed by atoms with Gasteiger partial charge in [0.15, 0.2) is 5.82 Å². The van der Waals surface area contributed by atoms with Crippen molar-refractivity contribution in [2.24, 2.45) is 0 Å². The molecular weight excluding hydrogens is 376 g/mol. The fourth-order valence-electron chi connectivity index (χ4n) is 4.41. The normalized spacial score (nSPS) is 18.7. The second-order valence-corrected chi connectivity index (χ2v) is 7.86. The summed E-state index contributed by atoms with van der Waals surface area (Å²) in [6.45, 7) is 1.89. The first-order valence-corrected chi connectivity index (χ1v) is 10.4. The molecule has 1 fully saturated rings. The van der Waals surface area contributed by atoms with Crippen LogP contribution in [-0.4, -0.2) is 36.9 Å². The summed E-state index contributed by atoms with van der Waals surface area (Å²) in [6, 6.07) is 15.1. The zero-order valence-electron chi connectivity index (χ0n) is 16.9. The number of fused-ring (bicyclic) bond motifs is 1. The van der Waals surface area contributed by atoms with Gasteiger partial charge < -0.3 is 9.88 Å². The van der Waals surface area contributed by atoms with Crippen molar-refractivity contribution in [3.05, 3.63) is 55.0 Å². The number of nitrogens with zero attached hydrogens (tertiary/aromatic N) is 4. The van der Waals surface area contributed by atoms with Gasteiger partial charge in [-0.25, -0.2) is 0 Å². The zero-order chi connectivity index (χ0) is 20.5. The van der Waals surface area contributed by atoms with Gasteiger partial charge in [-0.1, -0.05) is 43.3 Å². The van der Waals surface area contributed by atoms with Crippen molar-refractivity contribution in [3.8, 4) is 22.5 Å². The Morgan fingerprint density at radius 3 is 2.83 bits per heavy atom. The monoisotopic (exact) mass is 400 g/mol. The molecule has 0 bridgehead atoms. The van der Waals surface area contributed by atoms with Gasteiger partial charge in [0.2, 0.25) is 5.91 Å². The molecule has 2 heterocycles. The molecule has 2 atom stereocenters. The minimum atomic E-state index is 0.118. The minimum Gasteiger partial charge on any atom is -0.353 e. The molecule has 2 N–H and O–H groups in total. The van der Waals surface area contributed by atoms with Gasteiger partial charge in [0.25, 0.3) is 0 Å². The van der Waals surface area contributed by atoms with Crippen molar-refractivity contribution in [3.63, 3.8) is 0 Å². The highest BCUT2D eigenvalue weighted by molar-refractivity contribution is 5.94. The van der Waals surface area contributed by atoms with E-state index in [9.17, 15) is 4.79 Å². The Balaban J connectivity index is 1.38. The predicted octanol–water partition coefficient (Wildman–Crippen LogP) is 4.11. The summed E-state index contributed by atoms with van der Waals surface area (Å²) in [5.74, 6) is 0.989. The number of nitrogens with one attached hydrogen (secondary N) is 2. The Kier molecular flexibility index (Phi) is 4.78. The Labute approximate surface area is 174 Å². The molecule has 5 rings (SSSR count). The number of aromatic nitrogens is 5. The van der Waals surface area contributed by atoms with E-state index < -0.39 is 0 Å². The molecule has 30 heavy (non-hydrogen) atoms. The van der Waals surface area contributed by atoms with Crippen LogP contribution in [0.4, 0.5) is 0 Å². The van der Waals surface area contributed by atoms with E-state index >= 15 is 0 Å². The Bertz CT molecular complexity index is 1180. The number of benzene rings is 2. The van der Waals surface area contributed by atoms with E-state index in [1.807, 2.05) is 31.6 Å². The zero-order valence-corrected chi connectivity index (χ0v) is 16.9. The topological polar surface area (TPSA) is 88.5 Å². The molecule has 1 amide bonds. The van der Waals surface area contributed by atoms with E-state index in [2.05, 4.69) is 60.6 Å². The number of hydrogen-bond acceptors (Lipinski definition) is 4. The van der Waals surface area contributed by atoms with Gasteiger partial charge in [-0.15, -0.1) is 10.2 Å². The molecule has 1 saturated carbocycles. The van der Waals surface area contributed by atoms with Crippen LogP contribution in [0.1, 0.15) is 38.6 Å². The van der Waals surface area contributed by atoms with Crippen molar-refractivity contribution in [1.29, 1.82) is 0 Å². The van der Waals surface area contributed by atoms with E-state index in [4.69, 9.17) is 0 Å². The molecule has 7 heteroatoms. The van der Waals surface area contributed by atoms with E-state index in [0.29, 0.717) is 12.5 Å². The van der Waals surface area contributed by atoms with Crippen LogP contribution in [-0.2, 0) is 4.79 Å². The van der Waals surface area contributed by atoms with Crippen LogP contribution in [0.2, 0.25) is 0 Å². The summed E-state index contributed by atoms with van der Waals surface area (Å²) in [6.07, 6.45) is 7.12. The summed E-state index contributed by atoms with van der Waals surface area (Å²) in [5, 5.41) is 20.0. The van der Waals surface area contributed by atoms with Gasteiger partial charge in [-0.2, -0.15) is 5.10 Å². The minimum absolute atomic E-state index is 0.118. The molecule has 0 saturated heterocycles. The molecule has 1 aliphatic carbocycles. The Hall–Kier alpha value is -3.48. The number of amides is 1. The highest BCUT2D eigenvalue weighted by Gasteiger charge is 2.28. The largest absolute Gasteiger partial charge is 0.353 e.